The fourth-order valence-corrected chi connectivity index (χ4v) is 3.40. The lowest BCUT2D eigenvalue weighted by molar-refractivity contribution is -0.119. The smallest absolute Gasteiger partial charge is 0.229 e. The van der Waals surface area contributed by atoms with Crippen molar-refractivity contribution in [3.63, 3.8) is 0 Å². The molecule has 3 nitrogen and oxygen atoms in total. The number of hydrogen-bond acceptors (Lipinski definition) is 2. The summed E-state index contributed by atoms with van der Waals surface area (Å²) in [4.78, 5) is 12.1. The molecule has 2 unspecified atom stereocenters. The van der Waals surface area contributed by atoms with E-state index in [-0.39, 0.29) is 17.9 Å². The zero-order chi connectivity index (χ0) is 13.3. The zero-order valence-corrected chi connectivity index (χ0v) is 12.9. The summed E-state index contributed by atoms with van der Waals surface area (Å²) >= 11 is 15.5. The molecule has 0 radical (unpaired) electrons. The molecule has 2 atom stereocenters. The molecular formula is C12H13BrCl2N2O. The average molecular weight is 352 g/mol. The third-order valence-electron chi connectivity index (χ3n) is 3.12. The second-order valence-corrected chi connectivity index (χ2v) is 6.10. The van der Waals surface area contributed by atoms with Gasteiger partial charge in [-0.2, -0.15) is 0 Å². The summed E-state index contributed by atoms with van der Waals surface area (Å²) in [5.41, 5.74) is 0.477. The number of carbonyl (C=O) groups is 1. The summed E-state index contributed by atoms with van der Waals surface area (Å²) in [5.74, 6) is -0.0839. The maximum absolute atomic E-state index is 12.1. The van der Waals surface area contributed by atoms with E-state index in [1.54, 1.807) is 12.1 Å². The van der Waals surface area contributed by atoms with Crippen molar-refractivity contribution in [2.75, 3.05) is 11.9 Å². The zero-order valence-electron chi connectivity index (χ0n) is 9.77. The van der Waals surface area contributed by atoms with Gasteiger partial charge in [-0.25, -0.2) is 0 Å². The fraction of sp³-hybridized carbons (Fsp3) is 0.417. The molecule has 0 saturated carbocycles. The van der Waals surface area contributed by atoms with E-state index in [4.69, 9.17) is 23.2 Å². The Morgan fingerprint density at radius 3 is 2.56 bits per heavy atom. The molecule has 0 spiro atoms. The first-order chi connectivity index (χ1) is 8.49. The number of hydrogen-bond donors (Lipinski definition) is 2. The Labute approximate surface area is 124 Å². The van der Waals surface area contributed by atoms with Crippen LogP contribution in [0, 0.1) is 5.92 Å². The summed E-state index contributed by atoms with van der Waals surface area (Å²) in [6.07, 6.45) is 0.832. The molecule has 1 saturated heterocycles. The monoisotopic (exact) mass is 350 g/mol. The Morgan fingerprint density at radius 1 is 1.44 bits per heavy atom. The van der Waals surface area contributed by atoms with Gasteiger partial charge in [-0.1, -0.05) is 39.1 Å². The van der Waals surface area contributed by atoms with Gasteiger partial charge in [0.2, 0.25) is 5.91 Å². The van der Waals surface area contributed by atoms with E-state index in [0.717, 1.165) is 17.4 Å². The minimum atomic E-state index is -0.0429. The van der Waals surface area contributed by atoms with Crippen molar-refractivity contribution in [3.8, 4) is 0 Å². The number of nitrogens with one attached hydrogen (secondary N) is 2. The summed E-state index contributed by atoms with van der Waals surface area (Å²) in [7, 11) is 0. The molecule has 0 bridgehead atoms. The maximum Gasteiger partial charge on any atom is 0.229 e. The first kappa shape index (κ1) is 14.1. The highest BCUT2D eigenvalue weighted by molar-refractivity contribution is 9.10. The van der Waals surface area contributed by atoms with Crippen molar-refractivity contribution in [2.45, 2.75) is 19.4 Å². The van der Waals surface area contributed by atoms with E-state index >= 15 is 0 Å². The predicted octanol–water partition coefficient (Wildman–Crippen LogP) is 3.69. The summed E-state index contributed by atoms with van der Waals surface area (Å²) in [5, 5.41) is 6.92. The van der Waals surface area contributed by atoms with Crippen LogP contribution >= 0.6 is 39.1 Å². The van der Waals surface area contributed by atoms with E-state index in [0.29, 0.717) is 15.7 Å². The molecule has 1 aliphatic heterocycles. The van der Waals surface area contributed by atoms with Crippen LogP contribution in [0.15, 0.2) is 16.6 Å². The molecular weight excluding hydrogens is 339 g/mol. The summed E-state index contributed by atoms with van der Waals surface area (Å²) in [6, 6.07) is 3.59. The Kier molecular flexibility index (Phi) is 4.54. The molecule has 6 heteroatoms. The molecule has 1 aromatic rings. The quantitative estimate of drug-likeness (QED) is 0.853. The normalized spacial score (nSPS) is 23.1. The van der Waals surface area contributed by atoms with Gasteiger partial charge in [0.15, 0.2) is 0 Å². The van der Waals surface area contributed by atoms with Crippen LogP contribution in [-0.4, -0.2) is 18.5 Å². The first-order valence-electron chi connectivity index (χ1n) is 5.68. The molecule has 1 aliphatic rings. The van der Waals surface area contributed by atoms with Crippen LogP contribution in [0.3, 0.4) is 0 Å². The maximum atomic E-state index is 12.1. The lowest BCUT2D eigenvalue weighted by Gasteiger charge is -2.16. The van der Waals surface area contributed by atoms with Gasteiger partial charge in [-0.3, -0.25) is 4.79 Å². The minimum Gasteiger partial charge on any atom is -0.323 e. The summed E-state index contributed by atoms with van der Waals surface area (Å²) in [6.45, 7) is 2.86. The van der Waals surface area contributed by atoms with E-state index in [9.17, 15) is 4.79 Å². The van der Waals surface area contributed by atoms with Crippen molar-refractivity contribution >= 4 is 50.7 Å². The van der Waals surface area contributed by atoms with Crippen LogP contribution < -0.4 is 10.6 Å². The second-order valence-electron chi connectivity index (χ2n) is 4.37. The molecule has 1 fully saturated rings. The van der Waals surface area contributed by atoms with Crippen molar-refractivity contribution < 1.29 is 4.79 Å². The standard InChI is InChI=1S/C12H13BrCl2N2O/c1-6-8(2-3-16-6)12(18)17-11-9(14)4-7(13)5-10(11)15/h4-6,8,16H,2-3H2,1H3,(H,17,18). The van der Waals surface area contributed by atoms with E-state index in [2.05, 4.69) is 26.6 Å². The lowest BCUT2D eigenvalue weighted by atomic mass is 10.0. The third-order valence-corrected chi connectivity index (χ3v) is 4.17. The van der Waals surface area contributed by atoms with E-state index < -0.39 is 0 Å². The molecule has 0 aromatic heterocycles. The van der Waals surface area contributed by atoms with Gasteiger partial charge in [0.1, 0.15) is 0 Å². The van der Waals surface area contributed by atoms with Crippen LogP contribution in [0.4, 0.5) is 5.69 Å². The average Bonchev–Trinajstić information content (AvgIpc) is 2.69. The highest BCUT2D eigenvalue weighted by Gasteiger charge is 2.30. The topological polar surface area (TPSA) is 41.1 Å². The number of halogens is 3. The molecule has 1 amide bonds. The molecule has 2 rings (SSSR count). The predicted molar refractivity (Wildman–Crippen MR) is 78.4 cm³/mol. The van der Waals surface area contributed by atoms with E-state index in [1.165, 1.54) is 0 Å². The van der Waals surface area contributed by atoms with Gasteiger partial charge in [-0.15, -0.1) is 0 Å². The van der Waals surface area contributed by atoms with Crippen molar-refractivity contribution in [1.82, 2.24) is 5.32 Å². The largest absolute Gasteiger partial charge is 0.323 e. The highest BCUT2D eigenvalue weighted by Crippen LogP contribution is 2.34. The number of carbonyl (C=O) groups excluding carboxylic acids is 1. The number of anilines is 1. The lowest BCUT2D eigenvalue weighted by Crippen LogP contribution is -2.32. The molecule has 98 valence electrons. The van der Waals surface area contributed by atoms with Crippen LogP contribution in [0.25, 0.3) is 0 Å². The third kappa shape index (κ3) is 2.99. The van der Waals surface area contributed by atoms with Crippen LogP contribution in [0.1, 0.15) is 13.3 Å². The number of amides is 1. The van der Waals surface area contributed by atoms with Gasteiger partial charge in [-0.05, 0) is 32.0 Å². The molecule has 1 heterocycles. The summed E-state index contributed by atoms with van der Waals surface area (Å²) < 4.78 is 0.784. The van der Waals surface area contributed by atoms with Gasteiger partial charge in [0.25, 0.3) is 0 Å². The second kappa shape index (κ2) is 5.78. The Morgan fingerprint density at radius 2 is 2.06 bits per heavy atom. The van der Waals surface area contributed by atoms with E-state index in [1.807, 2.05) is 6.92 Å². The van der Waals surface area contributed by atoms with Gasteiger partial charge in [0, 0.05) is 10.5 Å². The molecule has 2 N–H and O–H groups in total. The molecule has 1 aromatic carbocycles. The van der Waals surface area contributed by atoms with Crippen LogP contribution in [0.5, 0.6) is 0 Å². The van der Waals surface area contributed by atoms with Crippen molar-refractivity contribution in [2.24, 2.45) is 5.92 Å². The van der Waals surface area contributed by atoms with Crippen LogP contribution in [0.2, 0.25) is 10.0 Å². The Hall–Kier alpha value is -0.290. The SMILES string of the molecule is CC1NCCC1C(=O)Nc1c(Cl)cc(Br)cc1Cl. The first-order valence-corrected chi connectivity index (χ1v) is 7.22. The minimum absolute atomic E-state index is 0.0409. The van der Waals surface area contributed by atoms with Gasteiger partial charge >= 0.3 is 0 Å². The van der Waals surface area contributed by atoms with Gasteiger partial charge < -0.3 is 10.6 Å². The van der Waals surface area contributed by atoms with Crippen LogP contribution in [-0.2, 0) is 4.79 Å². The number of rotatable bonds is 2. The Bertz CT molecular complexity index is 458. The fourth-order valence-electron chi connectivity index (χ4n) is 2.09. The van der Waals surface area contributed by atoms with Crippen molar-refractivity contribution in [1.29, 1.82) is 0 Å². The highest BCUT2D eigenvalue weighted by atomic mass is 79.9. The van der Waals surface area contributed by atoms with Crippen molar-refractivity contribution in [3.05, 3.63) is 26.7 Å². The molecule has 18 heavy (non-hydrogen) atoms. The number of benzene rings is 1. The molecule has 0 aliphatic carbocycles. The van der Waals surface area contributed by atoms with Gasteiger partial charge in [0.05, 0.1) is 21.7 Å². The Balaban J connectivity index is 2.17.